The van der Waals surface area contributed by atoms with Crippen LogP contribution in [-0.2, 0) is 82.6 Å². The molecule has 1 saturated carbocycles. The summed E-state index contributed by atoms with van der Waals surface area (Å²) < 4.78 is 65.7. The number of nitrogens with one attached hydrogen (secondary N) is 5. The lowest BCUT2D eigenvalue weighted by atomic mass is 9.83. The van der Waals surface area contributed by atoms with Gasteiger partial charge >= 0.3 is 42.2 Å². The Hall–Kier alpha value is -5.86. The molecule has 4 amide bonds. The minimum absolute atomic E-state index is 0.0803. The minimum Gasteiger partial charge on any atom is -0.463 e. The van der Waals surface area contributed by atoms with E-state index in [2.05, 4.69) is 26.6 Å². The second-order valence-electron chi connectivity index (χ2n) is 22.4. The summed E-state index contributed by atoms with van der Waals surface area (Å²) in [5, 5.41) is 27.4. The lowest BCUT2D eigenvalue weighted by molar-refractivity contribution is -0.319. The minimum atomic E-state index is -1.95. The van der Waals surface area contributed by atoms with Crippen molar-refractivity contribution in [1.82, 2.24) is 26.6 Å². The molecule has 1 aromatic rings. The molecule has 14 atom stereocenters. The largest absolute Gasteiger partial charge is 0.463 e. The monoisotopic (exact) mass is 1110 g/mol. The quantitative estimate of drug-likeness (QED) is 0.0797. The lowest BCUT2D eigenvalue weighted by Crippen LogP contribution is -2.71. The van der Waals surface area contributed by atoms with Crippen molar-refractivity contribution in [3.63, 3.8) is 0 Å². The number of benzene rings is 1. The van der Waals surface area contributed by atoms with E-state index in [0.29, 0.717) is 6.42 Å². The first-order valence-corrected chi connectivity index (χ1v) is 26.3. The molecule has 1 aliphatic carbocycles. The van der Waals surface area contributed by atoms with Gasteiger partial charge in [-0.05, 0) is 93.6 Å². The first kappa shape index (κ1) is 64.7. The van der Waals surface area contributed by atoms with Crippen LogP contribution in [0.15, 0.2) is 30.3 Å². The fourth-order valence-corrected chi connectivity index (χ4v) is 8.91. The third-order valence-electron chi connectivity index (χ3n) is 11.9. The highest BCUT2D eigenvalue weighted by atomic mass is 16.7. The molecule has 6 N–H and O–H groups in total. The highest BCUT2D eigenvalue weighted by Crippen LogP contribution is 2.35. The fourth-order valence-electron chi connectivity index (χ4n) is 8.91. The van der Waals surface area contributed by atoms with Gasteiger partial charge in [0.25, 0.3) is 5.91 Å². The van der Waals surface area contributed by atoms with Gasteiger partial charge in [-0.2, -0.15) is 0 Å². The van der Waals surface area contributed by atoms with Crippen molar-refractivity contribution in [2.75, 3.05) is 13.2 Å². The van der Waals surface area contributed by atoms with E-state index in [0.717, 1.165) is 33.3 Å². The van der Waals surface area contributed by atoms with E-state index in [1.807, 2.05) is 18.2 Å². The van der Waals surface area contributed by atoms with E-state index in [1.54, 1.807) is 81.4 Å². The molecular weight excluding hydrogens is 1030 g/mol. The molecule has 2 heterocycles. The van der Waals surface area contributed by atoms with Crippen molar-refractivity contribution in [1.29, 1.82) is 0 Å². The molecule has 6 unspecified atom stereocenters. The molecule has 440 valence electrons. The molecule has 0 radical (unpaired) electrons. The number of esters is 4. The molecule has 3 fully saturated rings. The van der Waals surface area contributed by atoms with E-state index >= 15 is 0 Å². The molecule has 2 saturated heterocycles. The Morgan fingerprint density at radius 3 is 1.72 bits per heavy atom. The summed E-state index contributed by atoms with van der Waals surface area (Å²) in [6.45, 7) is 20.9. The van der Waals surface area contributed by atoms with Crippen LogP contribution in [0.2, 0.25) is 0 Å². The van der Waals surface area contributed by atoms with E-state index < -0.39 is 157 Å². The number of hydrogen-bond acceptors (Lipinski definition) is 21. The van der Waals surface area contributed by atoms with Gasteiger partial charge in [-0.3, -0.25) is 24.0 Å². The zero-order valence-electron chi connectivity index (χ0n) is 47.3. The molecular formula is C53H83N5O20. The van der Waals surface area contributed by atoms with Gasteiger partial charge in [0.05, 0.1) is 30.3 Å². The lowest BCUT2D eigenvalue weighted by Gasteiger charge is -2.50. The second kappa shape index (κ2) is 28.9. The number of ether oxygens (including phenoxy) is 11. The average Bonchev–Trinajstić information content (AvgIpc) is 3.29. The molecule has 0 spiro atoms. The van der Waals surface area contributed by atoms with Crippen LogP contribution in [0.1, 0.15) is 135 Å². The molecule has 1 aromatic carbocycles. The number of hydrogen-bond donors (Lipinski definition) is 6. The molecule has 78 heavy (non-hydrogen) atoms. The van der Waals surface area contributed by atoms with Crippen LogP contribution in [0.3, 0.4) is 0 Å². The Bertz CT molecular complexity index is 2180. The number of carbonyl (C=O) groups is 8. The molecule has 0 aromatic heterocycles. The number of alkyl carbamates (subject to hydrolysis) is 3. The Morgan fingerprint density at radius 1 is 0.641 bits per heavy atom. The zero-order chi connectivity index (χ0) is 58.3. The standard InChI is InChI=1S/C53H83N5O20/c1-15-19-37(69-29(3)60)45(64)56-35-24-36(58-50(67)78-53(12,13)14)42(74-46-34(57-49(66)77-52(9,10)11)23-22-33(72-46)26-55-48(65)76-51(6,7)8)40(63)41(35)75-47-44(71-31(5)62)39(54-25-32-20-17-16-18-21-32)43(70-30(4)61)38(73-47)27-68-28(2)59/h16-18,20-21,33-44,46-47,54,63H,15,19,22-27H2,1-14H3,(H,55,65)(H,56,64)(H,57,66)(H,58,67)/t33?,34?,35-,36+,37+,38?,39+,40?,41+,42?,43-,44?,46-,47-/m1/s1. The van der Waals surface area contributed by atoms with Crippen LogP contribution in [0, 0.1) is 0 Å². The summed E-state index contributed by atoms with van der Waals surface area (Å²) in [6, 6.07) is 4.22. The van der Waals surface area contributed by atoms with E-state index in [9.17, 15) is 43.5 Å². The maximum atomic E-state index is 14.3. The molecule has 25 heteroatoms. The van der Waals surface area contributed by atoms with Crippen LogP contribution in [-0.4, -0.2) is 169 Å². The summed E-state index contributed by atoms with van der Waals surface area (Å²) in [7, 11) is 0. The highest BCUT2D eigenvalue weighted by Gasteiger charge is 2.55. The zero-order valence-corrected chi connectivity index (χ0v) is 47.3. The molecule has 2 aliphatic heterocycles. The third kappa shape index (κ3) is 21.8. The van der Waals surface area contributed by atoms with Crippen molar-refractivity contribution in [2.24, 2.45) is 0 Å². The molecule has 25 nitrogen and oxygen atoms in total. The van der Waals surface area contributed by atoms with E-state index in [4.69, 9.17) is 52.1 Å². The number of aliphatic hydroxyl groups is 1. The fraction of sp³-hybridized carbons (Fsp3) is 0.736. The Morgan fingerprint density at radius 2 is 1.18 bits per heavy atom. The van der Waals surface area contributed by atoms with Gasteiger partial charge in [-0.15, -0.1) is 0 Å². The van der Waals surface area contributed by atoms with Crippen molar-refractivity contribution in [3.8, 4) is 0 Å². The van der Waals surface area contributed by atoms with E-state index in [-0.39, 0.29) is 38.8 Å². The molecule has 3 aliphatic rings. The molecule has 4 rings (SSSR count). The summed E-state index contributed by atoms with van der Waals surface area (Å²) in [6.07, 6.45) is -16.7. The maximum absolute atomic E-state index is 14.3. The van der Waals surface area contributed by atoms with Gasteiger partial charge in [0, 0.05) is 40.8 Å². The summed E-state index contributed by atoms with van der Waals surface area (Å²) in [5.74, 6) is -3.88. The van der Waals surface area contributed by atoms with Crippen molar-refractivity contribution in [3.05, 3.63) is 35.9 Å². The first-order chi connectivity index (χ1) is 36.3. The van der Waals surface area contributed by atoms with Crippen LogP contribution in [0.4, 0.5) is 14.4 Å². The highest BCUT2D eigenvalue weighted by molar-refractivity contribution is 5.83. The van der Waals surface area contributed by atoms with Gasteiger partial charge in [0.2, 0.25) is 0 Å². The first-order valence-electron chi connectivity index (χ1n) is 26.3. The van der Waals surface area contributed by atoms with Crippen molar-refractivity contribution < 1.29 is 95.6 Å². The Labute approximate surface area is 456 Å². The SMILES string of the molecule is CCC[C@H](OC(C)=O)C(=O)N[C@@H]1C[C@H](NC(=O)OC(C)(C)C)C(O[C@H]2OC(CNC(=O)OC(C)(C)C)CCC2NC(=O)OC(C)(C)C)C(O)[C@H]1O[C@H]1OC(COC(C)=O)[C@@H](OC(C)=O)[C@H](NCc2ccccc2)C1OC(C)=O. The normalized spacial score (nSPS) is 27.8. The van der Waals surface area contributed by atoms with Crippen LogP contribution in [0.25, 0.3) is 0 Å². The Balaban J connectivity index is 1.91. The Kier molecular flexibility index (Phi) is 23.9. The molecule has 0 bridgehead atoms. The summed E-state index contributed by atoms with van der Waals surface area (Å²) in [4.78, 5) is 105. The summed E-state index contributed by atoms with van der Waals surface area (Å²) >= 11 is 0. The van der Waals surface area contributed by atoms with Crippen molar-refractivity contribution >= 4 is 48.1 Å². The van der Waals surface area contributed by atoms with Crippen LogP contribution < -0.4 is 26.6 Å². The van der Waals surface area contributed by atoms with E-state index in [1.165, 1.54) is 0 Å². The predicted octanol–water partition coefficient (Wildman–Crippen LogP) is 3.86. The smallest absolute Gasteiger partial charge is 0.408 e. The topological polar surface area (TPSA) is 318 Å². The number of carbonyl (C=O) groups excluding carboxylic acids is 8. The van der Waals surface area contributed by atoms with Crippen LogP contribution in [0.5, 0.6) is 0 Å². The third-order valence-corrected chi connectivity index (χ3v) is 11.9. The predicted molar refractivity (Wildman–Crippen MR) is 275 cm³/mol. The second-order valence-corrected chi connectivity index (χ2v) is 22.4. The van der Waals surface area contributed by atoms with Gasteiger partial charge in [-0.1, -0.05) is 43.7 Å². The average molecular weight is 1110 g/mol. The number of rotatable bonds is 20. The van der Waals surface area contributed by atoms with Gasteiger partial charge in [0.1, 0.15) is 47.8 Å². The number of aliphatic hydroxyl groups excluding tert-OH is 1. The van der Waals surface area contributed by atoms with Gasteiger partial charge < -0.3 is 83.8 Å². The van der Waals surface area contributed by atoms with Crippen LogP contribution >= 0.6 is 0 Å². The van der Waals surface area contributed by atoms with Gasteiger partial charge in [-0.25, -0.2) is 14.4 Å². The summed E-state index contributed by atoms with van der Waals surface area (Å²) in [5.41, 5.74) is -2.02. The van der Waals surface area contributed by atoms with Crippen molar-refractivity contribution in [2.45, 2.75) is 238 Å². The number of amides is 4. The maximum Gasteiger partial charge on any atom is 0.408 e. The van der Waals surface area contributed by atoms with Gasteiger partial charge in [0.15, 0.2) is 30.9 Å².